The van der Waals surface area contributed by atoms with Gasteiger partial charge >= 0.3 is 5.97 Å². The molecule has 0 saturated carbocycles. The second kappa shape index (κ2) is 15.7. The van der Waals surface area contributed by atoms with Crippen LogP contribution < -0.4 is 27.4 Å². The minimum atomic E-state index is -1.17. The average Bonchev–Trinajstić information content (AvgIpc) is 3.37. The van der Waals surface area contributed by atoms with E-state index in [-0.39, 0.29) is 18.8 Å². The monoisotopic (exact) mass is 578 g/mol. The van der Waals surface area contributed by atoms with Gasteiger partial charge in [0, 0.05) is 23.5 Å². The number of benzene rings is 2. The first kappa shape index (κ1) is 32.3. The number of hydrogen-bond donors (Lipinski definition) is 7. The highest BCUT2D eigenvalue weighted by atomic mass is 16.4. The number of carbonyl (C=O) groups excluding carboxylic acids is 3. The van der Waals surface area contributed by atoms with Crippen molar-refractivity contribution in [3.05, 3.63) is 71.9 Å². The zero-order valence-electron chi connectivity index (χ0n) is 24.1. The molecule has 0 aliphatic rings. The number of para-hydroxylation sites is 1. The number of aromatic nitrogens is 1. The summed E-state index contributed by atoms with van der Waals surface area (Å²) in [6, 6.07) is 12.8. The molecular formula is C31H42N6O5. The summed E-state index contributed by atoms with van der Waals surface area (Å²) in [5.74, 6) is -3.25. The second-order valence-corrected chi connectivity index (χ2v) is 10.8. The maximum atomic E-state index is 13.6. The number of aromatic amines is 1. The van der Waals surface area contributed by atoms with Gasteiger partial charge in [-0.25, -0.2) is 4.79 Å². The minimum Gasteiger partial charge on any atom is -0.480 e. The molecule has 4 unspecified atom stereocenters. The number of nitrogens with two attached hydrogens (primary N) is 2. The van der Waals surface area contributed by atoms with Crippen molar-refractivity contribution in [2.45, 2.75) is 70.1 Å². The first-order chi connectivity index (χ1) is 20.1. The summed E-state index contributed by atoms with van der Waals surface area (Å²) in [4.78, 5) is 55.1. The first-order valence-electron chi connectivity index (χ1n) is 14.3. The van der Waals surface area contributed by atoms with Crippen LogP contribution in [-0.4, -0.2) is 64.5 Å². The highest BCUT2D eigenvalue weighted by Gasteiger charge is 2.32. The summed E-state index contributed by atoms with van der Waals surface area (Å²) in [6.45, 7) is 3.80. The van der Waals surface area contributed by atoms with E-state index in [1.165, 1.54) is 0 Å². The largest absolute Gasteiger partial charge is 0.480 e. The summed E-state index contributed by atoms with van der Waals surface area (Å²) in [6.07, 6.45) is 3.65. The Morgan fingerprint density at radius 3 is 2.14 bits per heavy atom. The number of amides is 3. The van der Waals surface area contributed by atoms with E-state index in [4.69, 9.17) is 11.5 Å². The van der Waals surface area contributed by atoms with Crippen LogP contribution in [0.15, 0.2) is 60.8 Å². The van der Waals surface area contributed by atoms with Crippen LogP contribution in [0.1, 0.15) is 44.2 Å². The minimum absolute atomic E-state index is 0.100. The maximum absolute atomic E-state index is 13.6. The van der Waals surface area contributed by atoms with Crippen molar-refractivity contribution in [2.24, 2.45) is 17.4 Å². The molecule has 226 valence electrons. The van der Waals surface area contributed by atoms with Gasteiger partial charge in [-0.05, 0) is 55.3 Å². The SMILES string of the molecule is CC(C)C(NC(=O)C(Cc1c[nH]c2ccccc12)NC(=O)C(CCCCN)NC(=O)C(N)Cc1ccccc1)C(=O)O. The molecule has 0 fully saturated rings. The smallest absolute Gasteiger partial charge is 0.326 e. The van der Waals surface area contributed by atoms with Crippen LogP contribution in [-0.2, 0) is 32.0 Å². The number of rotatable bonds is 16. The lowest BCUT2D eigenvalue weighted by Gasteiger charge is -2.26. The van der Waals surface area contributed by atoms with Crippen LogP contribution in [0.2, 0.25) is 0 Å². The fourth-order valence-corrected chi connectivity index (χ4v) is 4.77. The van der Waals surface area contributed by atoms with Crippen molar-refractivity contribution in [3.8, 4) is 0 Å². The molecular weight excluding hydrogens is 536 g/mol. The van der Waals surface area contributed by atoms with E-state index in [1.54, 1.807) is 20.0 Å². The Bertz CT molecular complexity index is 1340. The standard InChI is InChI=1S/C31H42N6O5/c1-19(2)27(31(41)42)37-30(40)26(17-21-18-34-24-13-7-6-12-22(21)24)36-29(39)25(14-8-9-15-32)35-28(38)23(33)16-20-10-4-3-5-11-20/h3-7,10-13,18-19,23,25-27,34H,8-9,14-17,32-33H2,1-2H3,(H,35,38)(H,36,39)(H,37,40)(H,41,42). The van der Waals surface area contributed by atoms with E-state index < -0.39 is 47.9 Å². The second-order valence-electron chi connectivity index (χ2n) is 10.8. The number of aliphatic carboxylic acids is 1. The predicted octanol–water partition coefficient (Wildman–Crippen LogP) is 1.60. The molecule has 1 aromatic heterocycles. The quantitative estimate of drug-likeness (QED) is 0.125. The molecule has 11 heteroatoms. The van der Waals surface area contributed by atoms with Gasteiger partial charge < -0.3 is 37.5 Å². The van der Waals surface area contributed by atoms with E-state index in [1.807, 2.05) is 54.6 Å². The molecule has 0 aliphatic carbocycles. The number of H-pyrrole nitrogens is 1. The number of carboxylic acids is 1. The van der Waals surface area contributed by atoms with Gasteiger partial charge in [-0.3, -0.25) is 14.4 Å². The average molecular weight is 579 g/mol. The van der Waals surface area contributed by atoms with Gasteiger partial charge in [-0.15, -0.1) is 0 Å². The summed E-state index contributed by atoms with van der Waals surface area (Å²) >= 11 is 0. The molecule has 42 heavy (non-hydrogen) atoms. The number of unbranched alkanes of at least 4 members (excludes halogenated alkanes) is 1. The first-order valence-corrected chi connectivity index (χ1v) is 14.3. The van der Waals surface area contributed by atoms with Crippen molar-refractivity contribution in [3.63, 3.8) is 0 Å². The Morgan fingerprint density at radius 2 is 1.48 bits per heavy atom. The zero-order valence-corrected chi connectivity index (χ0v) is 24.1. The number of carbonyl (C=O) groups is 4. The summed E-state index contributed by atoms with van der Waals surface area (Å²) in [5, 5.41) is 18.6. The van der Waals surface area contributed by atoms with Crippen molar-refractivity contribution < 1.29 is 24.3 Å². The molecule has 9 N–H and O–H groups in total. The van der Waals surface area contributed by atoms with Crippen LogP contribution in [0, 0.1) is 5.92 Å². The Morgan fingerprint density at radius 1 is 0.833 bits per heavy atom. The number of fused-ring (bicyclic) bond motifs is 1. The lowest BCUT2D eigenvalue weighted by molar-refractivity contribution is -0.143. The summed E-state index contributed by atoms with van der Waals surface area (Å²) in [5.41, 5.74) is 14.3. The fourth-order valence-electron chi connectivity index (χ4n) is 4.77. The van der Waals surface area contributed by atoms with Crippen LogP contribution in [0.3, 0.4) is 0 Å². The van der Waals surface area contributed by atoms with Gasteiger partial charge in [0.05, 0.1) is 6.04 Å². The van der Waals surface area contributed by atoms with Gasteiger partial charge in [-0.2, -0.15) is 0 Å². The van der Waals surface area contributed by atoms with Crippen LogP contribution in [0.25, 0.3) is 10.9 Å². The van der Waals surface area contributed by atoms with Gasteiger partial charge in [0.25, 0.3) is 0 Å². The third kappa shape index (κ3) is 9.15. The summed E-state index contributed by atoms with van der Waals surface area (Å²) in [7, 11) is 0. The Labute approximate surface area is 245 Å². The number of hydrogen-bond acceptors (Lipinski definition) is 6. The lowest BCUT2D eigenvalue weighted by atomic mass is 10.0. The molecule has 0 bridgehead atoms. The van der Waals surface area contributed by atoms with Crippen LogP contribution >= 0.6 is 0 Å². The van der Waals surface area contributed by atoms with Gasteiger partial charge in [0.15, 0.2) is 0 Å². The third-order valence-electron chi connectivity index (χ3n) is 7.18. The topological polar surface area (TPSA) is 192 Å². The van der Waals surface area contributed by atoms with Crippen molar-refractivity contribution in [2.75, 3.05) is 6.54 Å². The highest BCUT2D eigenvalue weighted by Crippen LogP contribution is 2.19. The maximum Gasteiger partial charge on any atom is 0.326 e. The van der Waals surface area contributed by atoms with E-state index in [0.717, 1.165) is 22.0 Å². The van der Waals surface area contributed by atoms with Crippen LogP contribution in [0.5, 0.6) is 0 Å². The number of carboxylic acid groups (broad SMARTS) is 1. The molecule has 11 nitrogen and oxygen atoms in total. The molecule has 4 atom stereocenters. The van der Waals surface area contributed by atoms with Gasteiger partial charge in [-0.1, -0.05) is 62.4 Å². The molecule has 0 saturated heterocycles. The molecule has 2 aromatic carbocycles. The van der Waals surface area contributed by atoms with E-state index in [0.29, 0.717) is 25.8 Å². The highest BCUT2D eigenvalue weighted by molar-refractivity contribution is 5.95. The Kier molecular flexibility index (Phi) is 12.1. The number of nitrogens with one attached hydrogen (secondary N) is 4. The van der Waals surface area contributed by atoms with Crippen molar-refractivity contribution in [1.29, 1.82) is 0 Å². The molecule has 3 amide bonds. The normalized spacial score (nSPS) is 14.1. The molecule has 3 aromatic rings. The Balaban J connectivity index is 1.81. The molecule has 0 spiro atoms. The van der Waals surface area contributed by atoms with Gasteiger partial charge in [0.1, 0.15) is 18.1 Å². The Hall–Kier alpha value is -4.22. The lowest BCUT2D eigenvalue weighted by Crippen LogP contribution is -2.58. The molecule has 3 rings (SSSR count). The van der Waals surface area contributed by atoms with E-state index >= 15 is 0 Å². The zero-order chi connectivity index (χ0) is 30.6. The fraction of sp³-hybridized carbons (Fsp3) is 0.419. The summed E-state index contributed by atoms with van der Waals surface area (Å²) < 4.78 is 0. The van der Waals surface area contributed by atoms with Crippen molar-refractivity contribution >= 4 is 34.6 Å². The van der Waals surface area contributed by atoms with E-state index in [2.05, 4.69) is 20.9 Å². The predicted molar refractivity (Wildman–Crippen MR) is 161 cm³/mol. The molecule has 0 radical (unpaired) electrons. The molecule has 1 heterocycles. The molecule has 0 aliphatic heterocycles. The third-order valence-corrected chi connectivity index (χ3v) is 7.18. The van der Waals surface area contributed by atoms with Crippen LogP contribution in [0.4, 0.5) is 0 Å². The van der Waals surface area contributed by atoms with Crippen molar-refractivity contribution in [1.82, 2.24) is 20.9 Å². The van der Waals surface area contributed by atoms with E-state index in [9.17, 15) is 24.3 Å². The van der Waals surface area contributed by atoms with Gasteiger partial charge in [0.2, 0.25) is 17.7 Å².